The molecule has 0 aliphatic heterocycles. The molecule has 1 saturated carbocycles. The lowest BCUT2D eigenvalue weighted by molar-refractivity contribution is -0.126. The van der Waals surface area contributed by atoms with Crippen molar-refractivity contribution >= 4 is 15.9 Å². The fraction of sp³-hybridized carbons (Fsp3) is 0.519. The first kappa shape index (κ1) is 27.2. The summed E-state index contributed by atoms with van der Waals surface area (Å²) >= 11 is 0. The van der Waals surface area contributed by atoms with Crippen molar-refractivity contribution in [2.45, 2.75) is 63.0 Å². The number of rotatable bonds is 12. The van der Waals surface area contributed by atoms with Gasteiger partial charge >= 0.3 is 0 Å². The van der Waals surface area contributed by atoms with Gasteiger partial charge < -0.3 is 15.2 Å². The zero-order valence-corrected chi connectivity index (χ0v) is 21.7. The maximum atomic E-state index is 13.5. The second-order valence-corrected chi connectivity index (χ2v) is 11.7. The maximum absolute atomic E-state index is 13.5. The fourth-order valence-electron chi connectivity index (χ4n) is 4.55. The highest BCUT2D eigenvalue weighted by atomic mass is 32.2. The van der Waals surface area contributed by atoms with Crippen molar-refractivity contribution in [1.82, 2.24) is 9.62 Å². The number of hydrogen-bond acceptors (Lipinski definition) is 5. The molecule has 3 rings (SSSR count). The molecule has 0 bridgehead atoms. The van der Waals surface area contributed by atoms with Gasteiger partial charge in [0.1, 0.15) is 5.75 Å². The highest BCUT2D eigenvalue weighted by molar-refractivity contribution is 7.89. The van der Waals surface area contributed by atoms with E-state index in [0.29, 0.717) is 12.2 Å². The molecular weight excluding hydrogens is 464 g/mol. The van der Waals surface area contributed by atoms with Crippen LogP contribution < -0.4 is 10.1 Å². The van der Waals surface area contributed by atoms with Gasteiger partial charge in [0.15, 0.2) is 0 Å². The number of carbonyl (C=O) groups excluding carboxylic acids is 1. The minimum Gasteiger partial charge on any atom is -0.497 e. The zero-order chi connectivity index (χ0) is 25.4. The maximum Gasteiger partial charge on any atom is 0.243 e. The summed E-state index contributed by atoms with van der Waals surface area (Å²) in [6.45, 7) is 4.01. The molecule has 2 atom stereocenters. The number of hydrogen-bond donors (Lipinski definition) is 2. The van der Waals surface area contributed by atoms with Gasteiger partial charge in [0.25, 0.3) is 0 Å². The number of aliphatic hydroxyl groups excluding tert-OH is 1. The zero-order valence-electron chi connectivity index (χ0n) is 20.9. The van der Waals surface area contributed by atoms with E-state index in [9.17, 15) is 18.3 Å². The fourth-order valence-corrected chi connectivity index (χ4v) is 6.17. The van der Waals surface area contributed by atoms with Gasteiger partial charge in [0.2, 0.25) is 15.9 Å². The molecular formula is C27H38N2O5S. The van der Waals surface area contributed by atoms with E-state index in [2.05, 4.69) is 5.32 Å². The van der Waals surface area contributed by atoms with Gasteiger partial charge in [-0.1, -0.05) is 57.0 Å². The summed E-state index contributed by atoms with van der Waals surface area (Å²) < 4.78 is 33.5. The average molecular weight is 503 g/mol. The molecule has 2 aromatic rings. The van der Waals surface area contributed by atoms with Crippen LogP contribution in [-0.2, 0) is 21.2 Å². The van der Waals surface area contributed by atoms with Gasteiger partial charge in [-0.2, -0.15) is 4.31 Å². The van der Waals surface area contributed by atoms with Crippen LogP contribution in [0.2, 0.25) is 0 Å². The highest BCUT2D eigenvalue weighted by Crippen LogP contribution is 2.26. The Balaban J connectivity index is 1.83. The van der Waals surface area contributed by atoms with Gasteiger partial charge in [0.05, 0.1) is 24.2 Å². The normalized spacial score (nSPS) is 16.4. The van der Waals surface area contributed by atoms with Crippen LogP contribution in [0, 0.1) is 11.8 Å². The molecule has 0 heterocycles. The highest BCUT2D eigenvalue weighted by Gasteiger charge is 2.33. The predicted molar refractivity (Wildman–Crippen MR) is 137 cm³/mol. The summed E-state index contributed by atoms with van der Waals surface area (Å²) in [5, 5.41) is 14.3. The smallest absolute Gasteiger partial charge is 0.243 e. The molecule has 1 aliphatic carbocycles. The summed E-state index contributed by atoms with van der Waals surface area (Å²) in [4.78, 5) is 13.1. The third kappa shape index (κ3) is 7.53. The number of aliphatic hydroxyl groups is 1. The van der Waals surface area contributed by atoms with E-state index in [1.165, 1.54) is 23.5 Å². The van der Waals surface area contributed by atoms with E-state index in [1.54, 1.807) is 12.1 Å². The molecule has 0 aromatic heterocycles. The van der Waals surface area contributed by atoms with Gasteiger partial charge in [-0.3, -0.25) is 4.79 Å². The number of carbonyl (C=O) groups is 1. The topological polar surface area (TPSA) is 95.9 Å². The van der Waals surface area contributed by atoms with Gasteiger partial charge in [0, 0.05) is 19.0 Å². The summed E-state index contributed by atoms with van der Waals surface area (Å²) in [5.74, 6) is 0.513. The molecule has 1 amide bonds. The van der Waals surface area contributed by atoms with Gasteiger partial charge in [-0.25, -0.2) is 8.42 Å². The lowest BCUT2D eigenvalue weighted by Gasteiger charge is -2.31. The van der Waals surface area contributed by atoms with Crippen molar-refractivity contribution in [3.05, 3.63) is 60.2 Å². The largest absolute Gasteiger partial charge is 0.497 e. The minimum absolute atomic E-state index is 0.0460. The standard InChI is InChI=1S/C27H38N2O5S/c1-20(2)18-29(35(32,33)24-15-13-23(34-3)14-16-24)19-26(30)25(17-21-9-5-4-6-10-21)28-27(31)22-11-7-8-12-22/h4-6,9-10,13-16,20,22,25-26,30H,7-8,11-12,17-19H2,1-3H3,(H,28,31)/t25-,26+/m0/s1. The third-order valence-corrected chi connectivity index (χ3v) is 8.32. The van der Waals surface area contributed by atoms with Crippen LogP contribution in [0.5, 0.6) is 5.75 Å². The summed E-state index contributed by atoms with van der Waals surface area (Å²) in [7, 11) is -2.34. The van der Waals surface area contributed by atoms with E-state index in [0.717, 1.165) is 31.2 Å². The Morgan fingerprint density at radius 1 is 1.06 bits per heavy atom. The molecule has 0 spiro atoms. The summed E-state index contributed by atoms with van der Waals surface area (Å²) in [5.41, 5.74) is 0.969. The Morgan fingerprint density at radius 3 is 2.26 bits per heavy atom. The van der Waals surface area contributed by atoms with Crippen LogP contribution in [0.4, 0.5) is 0 Å². The predicted octanol–water partition coefficient (Wildman–Crippen LogP) is 3.62. The van der Waals surface area contributed by atoms with Crippen molar-refractivity contribution in [3.63, 3.8) is 0 Å². The summed E-state index contributed by atoms with van der Waals surface area (Å²) in [6, 6.07) is 15.3. The van der Waals surface area contributed by atoms with E-state index < -0.39 is 22.2 Å². The van der Waals surface area contributed by atoms with Crippen LogP contribution in [0.15, 0.2) is 59.5 Å². The number of sulfonamides is 1. The number of amides is 1. The van der Waals surface area contributed by atoms with Crippen molar-refractivity contribution in [3.8, 4) is 5.75 Å². The molecule has 1 aliphatic rings. The molecule has 192 valence electrons. The van der Waals surface area contributed by atoms with Gasteiger partial charge in [-0.05, 0) is 55.0 Å². The molecule has 1 fully saturated rings. The number of methoxy groups -OCH3 is 1. The lowest BCUT2D eigenvalue weighted by Crippen LogP contribution is -2.52. The average Bonchev–Trinajstić information content (AvgIpc) is 3.39. The molecule has 8 heteroatoms. The number of benzene rings is 2. The molecule has 7 nitrogen and oxygen atoms in total. The number of ether oxygens (including phenoxy) is 1. The van der Waals surface area contributed by atoms with Crippen LogP contribution in [0.3, 0.4) is 0 Å². The van der Waals surface area contributed by atoms with Crippen LogP contribution in [0.25, 0.3) is 0 Å². The van der Waals surface area contributed by atoms with Gasteiger partial charge in [-0.15, -0.1) is 0 Å². The first-order chi connectivity index (χ1) is 16.7. The minimum atomic E-state index is -3.86. The monoisotopic (exact) mass is 502 g/mol. The van der Waals surface area contributed by atoms with Crippen LogP contribution >= 0.6 is 0 Å². The summed E-state index contributed by atoms with van der Waals surface area (Å²) in [6.07, 6.45) is 3.11. The Hall–Kier alpha value is -2.42. The molecule has 0 unspecified atom stereocenters. The van der Waals surface area contributed by atoms with E-state index >= 15 is 0 Å². The Morgan fingerprint density at radius 2 is 1.69 bits per heavy atom. The molecule has 2 N–H and O–H groups in total. The number of nitrogens with zero attached hydrogens (tertiary/aromatic N) is 1. The molecule has 35 heavy (non-hydrogen) atoms. The first-order valence-electron chi connectivity index (χ1n) is 12.4. The Kier molecular flexibility index (Phi) is 9.71. The second kappa shape index (κ2) is 12.5. The SMILES string of the molecule is COc1ccc(S(=O)(=O)N(CC(C)C)C[C@@H](O)[C@H](Cc2ccccc2)NC(=O)C2CCCC2)cc1. The second-order valence-electron chi connectivity index (χ2n) is 9.74. The lowest BCUT2D eigenvalue weighted by atomic mass is 9.99. The van der Waals surface area contributed by atoms with Crippen molar-refractivity contribution in [1.29, 1.82) is 0 Å². The van der Waals surface area contributed by atoms with Crippen LogP contribution in [0.1, 0.15) is 45.1 Å². The quantitative estimate of drug-likeness (QED) is 0.462. The first-order valence-corrected chi connectivity index (χ1v) is 13.8. The van der Waals surface area contributed by atoms with Crippen molar-refractivity contribution in [2.24, 2.45) is 11.8 Å². The van der Waals surface area contributed by atoms with Crippen LogP contribution in [-0.4, -0.2) is 56.1 Å². The molecule has 2 aromatic carbocycles. The van der Waals surface area contributed by atoms with E-state index in [-0.39, 0.29) is 35.7 Å². The van der Waals surface area contributed by atoms with E-state index in [1.807, 2.05) is 44.2 Å². The molecule has 0 saturated heterocycles. The van der Waals surface area contributed by atoms with Crippen molar-refractivity contribution in [2.75, 3.05) is 20.2 Å². The molecule has 0 radical (unpaired) electrons. The number of nitrogens with one attached hydrogen (secondary N) is 1. The van der Waals surface area contributed by atoms with E-state index in [4.69, 9.17) is 4.74 Å². The Bertz CT molecular complexity index is 1040. The van der Waals surface area contributed by atoms with Crippen molar-refractivity contribution < 1.29 is 23.1 Å². The third-order valence-electron chi connectivity index (χ3n) is 6.47. The Labute approximate surface area is 209 Å².